The van der Waals surface area contributed by atoms with Gasteiger partial charge in [-0.1, -0.05) is 18.2 Å². The Balaban J connectivity index is 1.44. The number of carbonyl (C=O) groups is 1. The molecule has 1 saturated heterocycles. The Labute approximate surface area is 199 Å². The fourth-order valence-corrected chi connectivity index (χ4v) is 4.40. The number of nitrogens with one attached hydrogen (secondary N) is 1. The fraction of sp³-hybridized carbons (Fsp3) is 0.360. The number of carbonyl (C=O) groups excluding carboxylic acids is 1. The van der Waals surface area contributed by atoms with Crippen LogP contribution in [-0.2, 0) is 0 Å². The van der Waals surface area contributed by atoms with Crippen LogP contribution in [0.3, 0.4) is 0 Å². The van der Waals surface area contributed by atoms with Gasteiger partial charge >= 0.3 is 6.03 Å². The van der Waals surface area contributed by atoms with Crippen LogP contribution in [0.15, 0.2) is 42.5 Å². The zero-order valence-electron chi connectivity index (χ0n) is 20.3. The highest BCUT2D eigenvalue weighted by atomic mass is 16.5. The summed E-state index contributed by atoms with van der Waals surface area (Å²) in [6, 6.07) is 13.4. The van der Waals surface area contributed by atoms with E-state index in [9.17, 15) is 4.79 Å². The Morgan fingerprint density at radius 2 is 1.53 bits per heavy atom. The lowest BCUT2D eigenvalue weighted by Gasteiger charge is -2.36. The van der Waals surface area contributed by atoms with E-state index >= 15 is 0 Å². The van der Waals surface area contributed by atoms with Crippen LogP contribution in [0.4, 0.5) is 16.2 Å². The quantitative estimate of drug-likeness (QED) is 0.595. The summed E-state index contributed by atoms with van der Waals surface area (Å²) in [5, 5.41) is 7.71. The second-order valence-corrected chi connectivity index (χ2v) is 8.09. The third-order valence-electron chi connectivity index (χ3n) is 6.05. The van der Waals surface area contributed by atoms with Gasteiger partial charge in [0.2, 0.25) is 5.75 Å². The van der Waals surface area contributed by atoms with E-state index in [1.165, 1.54) is 0 Å². The van der Waals surface area contributed by atoms with Crippen molar-refractivity contribution in [3.05, 3.63) is 53.9 Å². The van der Waals surface area contributed by atoms with Crippen LogP contribution in [0.25, 0.3) is 5.69 Å². The van der Waals surface area contributed by atoms with Crippen LogP contribution in [0.2, 0.25) is 0 Å². The second kappa shape index (κ2) is 9.94. The Hall–Kier alpha value is -3.88. The Morgan fingerprint density at radius 3 is 2.09 bits per heavy atom. The van der Waals surface area contributed by atoms with Crippen LogP contribution in [0.5, 0.6) is 17.2 Å². The van der Waals surface area contributed by atoms with Crippen LogP contribution in [-0.4, -0.2) is 68.2 Å². The van der Waals surface area contributed by atoms with E-state index in [2.05, 4.69) is 29.3 Å². The lowest BCUT2D eigenvalue weighted by molar-refractivity contribution is 0.208. The lowest BCUT2D eigenvalue weighted by Crippen LogP contribution is -2.50. The van der Waals surface area contributed by atoms with Crippen molar-refractivity contribution in [3.8, 4) is 22.9 Å². The molecular weight excluding hydrogens is 434 g/mol. The second-order valence-electron chi connectivity index (χ2n) is 8.09. The Morgan fingerprint density at radius 1 is 0.912 bits per heavy atom. The largest absolute Gasteiger partial charge is 0.493 e. The predicted molar refractivity (Wildman–Crippen MR) is 132 cm³/mol. The average Bonchev–Trinajstić information content (AvgIpc) is 3.17. The number of benzene rings is 2. The third-order valence-corrected chi connectivity index (χ3v) is 6.05. The predicted octanol–water partition coefficient (Wildman–Crippen LogP) is 3.87. The number of hydrogen-bond donors (Lipinski definition) is 1. The van der Waals surface area contributed by atoms with Crippen molar-refractivity contribution < 1.29 is 19.0 Å². The minimum absolute atomic E-state index is 0.164. The number of aryl methyl sites for hydroxylation is 1. The van der Waals surface area contributed by atoms with E-state index in [0.29, 0.717) is 36.0 Å². The Kier molecular flexibility index (Phi) is 6.81. The van der Waals surface area contributed by atoms with Gasteiger partial charge in [-0.2, -0.15) is 5.10 Å². The molecule has 4 rings (SSSR count). The van der Waals surface area contributed by atoms with Gasteiger partial charge in [-0.15, -0.1) is 0 Å². The fourth-order valence-electron chi connectivity index (χ4n) is 4.40. The van der Waals surface area contributed by atoms with Crippen molar-refractivity contribution >= 4 is 17.4 Å². The zero-order chi connectivity index (χ0) is 24.2. The van der Waals surface area contributed by atoms with Gasteiger partial charge < -0.3 is 29.3 Å². The maximum Gasteiger partial charge on any atom is 0.321 e. The molecule has 180 valence electrons. The monoisotopic (exact) mass is 465 g/mol. The van der Waals surface area contributed by atoms with E-state index in [1.807, 2.05) is 34.7 Å². The molecule has 3 aromatic rings. The van der Waals surface area contributed by atoms with Gasteiger partial charge in [0, 0.05) is 38.3 Å². The van der Waals surface area contributed by atoms with Crippen LogP contribution >= 0.6 is 0 Å². The van der Waals surface area contributed by atoms with Crippen molar-refractivity contribution in [2.24, 2.45) is 0 Å². The molecule has 0 unspecified atom stereocenters. The van der Waals surface area contributed by atoms with E-state index in [4.69, 9.17) is 19.3 Å². The number of methoxy groups -OCH3 is 3. The van der Waals surface area contributed by atoms with Gasteiger partial charge in [0.25, 0.3) is 0 Å². The van der Waals surface area contributed by atoms with Gasteiger partial charge in [-0.3, -0.25) is 0 Å². The maximum atomic E-state index is 13.0. The highest BCUT2D eigenvalue weighted by molar-refractivity contribution is 5.90. The molecule has 0 atom stereocenters. The number of aromatic nitrogens is 2. The van der Waals surface area contributed by atoms with Gasteiger partial charge in [0.15, 0.2) is 11.5 Å². The van der Waals surface area contributed by atoms with Crippen molar-refractivity contribution in [1.29, 1.82) is 0 Å². The topological polar surface area (TPSA) is 81.1 Å². The molecule has 0 bridgehead atoms. The molecular formula is C25H31N5O4. The molecule has 0 radical (unpaired) electrons. The highest BCUT2D eigenvalue weighted by Gasteiger charge is 2.26. The summed E-state index contributed by atoms with van der Waals surface area (Å²) in [4.78, 5) is 17.1. The molecule has 1 aliphatic rings. The molecule has 0 aliphatic carbocycles. The molecule has 9 heteroatoms. The summed E-state index contributed by atoms with van der Waals surface area (Å²) in [7, 11) is 4.64. The van der Waals surface area contributed by atoms with Crippen LogP contribution < -0.4 is 24.4 Å². The number of piperazine rings is 1. The number of hydrogen-bond acceptors (Lipinski definition) is 6. The number of ether oxygens (including phenoxy) is 3. The highest BCUT2D eigenvalue weighted by Crippen LogP contribution is 2.40. The summed E-state index contributed by atoms with van der Waals surface area (Å²) in [5.74, 6) is 1.46. The summed E-state index contributed by atoms with van der Waals surface area (Å²) in [5.41, 5.74) is 4.83. The molecule has 0 spiro atoms. The summed E-state index contributed by atoms with van der Waals surface area (Å²) < 4.78 is 18.1. The van der Waals surface area contributed by atoms with Gasteiger partial charge in [-0.25, -0.2) is 9.48 Å². The first-order chi connectivity index (χ1) is 16.5. The number of rotatable bonds is 6. The third kappa shape index (κ3) is 4.46. The number of urea groups is 1. The van der Waals surface area contributed by atoms with Gasteiger partial charge in [0.1, 0.15) is 0 Å². The van der Waals surface area contributed by atoms with Crippen LogP contribution in [0, 0.1) is 13.8 Å². The molecule has 1 aromatic heterocycles. The molecule has 1 fully saturated rings. The normalized spacial score (nSPS) is 13.6. The molecule has 34 heavy (non-hydrogen) atoms. The van der Waals surface area contributed by atoms with E-state index < -0.39 is 0 Å². The molecule has 2 aromatic carbocycles. The SMILES string of the molecule is COc1cc(NC(=O)N2CCN(c3c(C)nn(-c4ccccc4)c3C)CC2)cc(OC)c1OC. The smallest absolute Gasteiger partial charge is 0.321 e. The first kappa shape index (κ1) is 23.3. The maximum absolute atomic E-state index is 13.0. The van der Waals surface area contributed by atoms with E-state index in [1.54, 1.807) is 33.5 Å². The molecule has 0 saturated carbocycles. The minimum atomic E-state index is -0.164. The summed E-state index contributed by atoms with van der Waals surface area (Å²) in [6.45, 7) is 6.78. The number of nitrogens with zero attached hydrogens (tertiary/aromatic N) is 4. The first-order valence-corrected chi connectivity index (χ1v) is 11.2. The van der Waals surface area contributed by atoms with E-state index in [-0.39, 0.29) is 6.03 Å². The first-order valence-electron chi connectivity index (χ1n) is 11.2. The molecule has 9 nitrogen and oxygen atoms in total. The number of anilines is 2. The number of amides is 2. The van der Waals surface area contributed by atoms with Crippen molar-refractivity contribution in [2.75, 3.05) is 57.7 Å². The van der Waals surface area contributed by atoms with Crippen LogP contribution in [0.1, 0.15) is 11.4 Å². The van der Waals surface area contributed by atoms with Gasteiger partial charge in [0.05, 0.1) is 49.8 Å². The van der Waals surface area contributed by atoms with E-state index in [0.717, 1.165) is 35.9 Å². The average molecular weight is 466 g/mol. The molecule has 1 aliphatic heterocycles. The summed E-state index contributed by atoms with van der Waals surface area (Å²) in [6.07, 6.45) is 0. The van der Waals surface area contributed by atoms with Crippen molar-refractivity contribution in [1.82, 2.24) is 14.7 Å². The van der Waals surface area contributed by atoms with Gasteiger partial charge in [-0.05, 0) is 26.0 Å². The number of para-hydroxylation sites is 1. The standard InChI is InChI=1S/C25H31N5O4/c1-17-23(18(2)30(27-17)20-9-7-6-8-10-20)28-11-13-29(14-12-28)25(31)26-19-15-21(32-3)24(34-5)22(16-19)33-4/h6-10,15-16H,11-14H2,1-5H3,(H,26,31). The molecule has 2 heterocycles. The van der Waals surface area contributed by atoms with Crippen molar-refractivity contribution in [3.63, 3.8) is 0 Å². The van der Waals surface area contributed by atoms with Crippen molar-refractivity contribution in [2.45, 2.75) is 13.8 Å². The molecule has 1 N–H and O–H groups in total. The Bertz CT molecular complexity index is 1130. The molecule has 2 amide bonds. The minimum Gasteiger partial charge on any atom is -0.493 e. The lowest BCUT2D eigenvalue weighted by atomic mass is 10.2. The zero-order valence-corrected chi connectivity index (χ0v) is 20.3. The summed E-state index contributed by atoms with van der Waals surface area (Å²) >= 11 is 0.